The number of amides is 1. The molecule has 0 saturated carbocycles. The smallest absolute Gasteiger partial charge is 0.250 e. The van der Waals surface area contributed by atoms with E-state index in [1.807, 2.05) is 0 Å². The Morgan fingerprint density at radius 2 is 1.50 bits per heavy atom. The highest BCUT2D eigenvalue weighted by Gasteiger charge is 2.03. The summed E-state index contributed by atoms with van der Waals surface area (Å²) in [6.07, 6.45) is 14.2. The predicted molar refractivity (Wildman–Crippen MR) is 91.1 cm³/mol. The summed E-state index contributed by atoms with van der Waals surface area (Å²) >= 11 is 0. The second-order valence-electron chi connectivity index (χ2n) is 6.00. The molecule has 0 radical (unpaired) electrons. The zero-order chi connectivity index (χ0) is 16.2. The number of aromatic nitrogens is 1. The average Bonchev–Trinajstić information content (AvgIpc) is 2.50. The molecule has 0 atom stereocenters. The third-order valence-electron chi connectivity index (χ3n) is 4.02. The topological polar surface area (TPSA) is 65.1 Å². The van der Waals surface area contributed by atoms with Gasteiger partial charge in [0, 0.05) is 18.8 Å². The van der Waals surface area contributed by atoms with Gasteiger partial charge in [0.15, 0.2) is 0 Å². The molecule has 124 valence electrons. The molecule has 0 aliphatic carbocycles. The number of nitrogens with zero attached hydrogens (tertiary/aromatic N) is 1. The van der Waals surface area contributed by atoms with Gasteiger partial charge < -0.3 is 10.3 Å². The van der Waals surface area contributed by atoms with Crippen LogP contribution in [0.2, 0.25) is 0 Å². The Hall–Kier alpha value is -1.58. The molecule has 4 nitrogen and oxygen atoms in total. The fraction of sp³-hybridized carbons (Fsp3) is 0.667. The van der Waals surface area contributed by atoms with Crippen LogP contribution < -0.4 is 11.3 Å². The minimum Gasteiger partial charge on any atom is -0.366 e. The molecule has 4 heteroatoms. The van der Waals surface area contributed by atoms with Crippen molar-refractivity contribution in [2.24, 2.45) is 5.73 Å². The van der Waals surface area contributed by atoms with E-state index < -0.39 is 5.91 Å². The van der Waals surface area contributed by atoms with Gasteiger partial charge in [0.05, 0.1) is 5.56 Å². The first-order valence-electron chi connectivity index (χ1n) is 8.65. The first kappa shape index (κ1) is 18.5. The molecular formula is C18H30N2O2. The quantitative estimate of drug-likeness (QED) is 0.596. The summed E-state index contributed by atoms with van der Waals surface area (Å²) in [6.45, 7) is 2.90. The average molecular weight is 306 g/mol. The number of hydrogen-bond acceptors (Lipinski definition) is 2. The van der Waals surface area contributed by atoms with Crippen molar-refractivity contribution in [1.29, 1.82) is 0 Å². The Morgan fingerprint density at radius 3 is 2.05 bits per heavy atom. The molecule has 22 heavy (non-hydrogen) atoms. The summed E-state index contributed by atoms with van der Waals surface area (Å²) in [5.74, 6) is -0.489. The lowest BCUT2D eigenvalue weighted by molar-refractivity contribution is 0.0999. The molecule has 0 aliphatic rings. The van der Waals surface area contributed by atoms with Gasteiger partial charge in [0.25, 0.3) is 5.56 Å². The van der Waals surface area contributed by atoms with Gasteiger partial charge in [-0.3, -0.25) is 9.59 Å². The van der Waals surface area contributed by atoms with Crippen molar-refractivity contribution in [3.05, 3.63) is 34.2 Å². The van der Waals surface area contributed by atoms with Gasteiger partial charge in [-0.15, -0.1) is 0 Å². The summed E-state index contributed by atoms with van der Waals surface area (Å²) in [5.41, 5.74) is 5.56. The fourth-order valence-corrected chi connectivity index (χ4v) is 2.62. The summed E-state index contributed by atoms with van der Waals surface area (Å²) in [5, 5.41) is 0. The van der Waals surface area contributed by atoms with Crippen LogP contribution in [0.25, 0.3) is 0 Å². The van der Waals surface area contributed by atoms with E-state index in [0.717, 1.165) is 12.8 Å². The highest BCUT2D eigenvalue weighted by Crippen LogP contribution is 2.10. The third kappa shape index (κ3) is 7.43. The number of nitrogens with two attached hydrogens (primary N) is 1. The molecule has 1 amide bonds. The molecule has 0 bridgehead atoms. The molecular weight excluding hydrogens is 276 g/mol. The van der Waals surface area contributed by atoms with E-state index in [2.05, 4.69) is 6.92 Å². The lowest BCUT2D eigenvalue weighted by Crippen LogP contribution is -2.22. The maximum Gasteiger partial charge on any atom is 0.250 e. The van der Waals surface area contributed by atoms with Crippen molar-refractivity contribution >= 4 is 5.91 Å². The van der Waals surface area contributed by atoms with E-state index in [4.69, 9.17) is 5.73 Å². The second-order valence-corrected chi connectivity index (χ2v) is 6.00. The molecule has 1 heterocycles. The molecule has 0 saturated heterocycles. The third-order valence-corrected chi connectivity index (χ3v) is 4.02. The van der Waals surface area contributed by atoms with Crippen LogP contribution in [0.1, 0.15) is 81.5 Å². The maximum atomic E-state index is 11.7. The zero-order valence-corrected chi connectivity index (χ0v) is 13.9. The van der Waals surface area contributed by atoms with Crippen molar-refractivity contribution in [1.82, 2.24) is 4.57 Å². The van der Waals surface area contributed by atoms with Crippen LogP contribution in [0.5, 0.6) is 0 Å². The minimum atomic E-state index is -0.489. The van der Waals surface area contributed by atoms with Gasteiger partial charge in [-0.1, -0.05) is 64.7 Å². The van der Waals surface area contributed by atoms with E-state index in [1.54, 1.807) is 10.8 Å². The Morgan fingerprint density at radius 1 is 0.955 bits per heavy atom. The van der Waals surface area contributed by atoms with Crippen molar-refractivity contribution < 1.29 is 4.79 Å². The van der Waals surface area contributed by atoms with Crippen LogP contribution in [-0.2, 0) is 6.54 Å². The number of carbonyl (C=O) groups is 1. The summed E-state index contributed by atoms with van der Waals surface area (Å²) < 4.78 is 1.59. The molecule has 0 aromatic carbocycles. The van der Waals surface area contributed by atoms with E-state index in [1.165, 1.54) is 63.5 Å². The molecule has 0 fully saturated rings. The summed E-state index contributed by atoms with van der Waals surface area (Å²) in [6, 6.07) is 2.90. The maximum absolute atomic E-state index is 11.7. The van der Waals surface area contributed by atoms with Gasteiger partial charge in [-0.25, -0.2) is 0 Å². The number of aryl methyl sites for hydroxylation is 1. The lowest BCUT2D eigenvalue weighted by atomic mass is 10.1. The molecule has 1 aromatic rings. The molecule has 0 aliphatic heterocycles. The number of rotatable bonds is 12. The Bertz CT molecular complexity index is 494. The van der Waals surface area contributed by atoms with Gasteiger partial charge in [-0.05, 0) is 12.5 Å². The zero-order valence-electron chi connectivity index (χ0n) is 13.9. The number of primary amides is 1. The first-order valence-corrected chi connectivity index (χ1v) is 8.65. The molecule has 0 unspecified atom stereocenters. The minimum absolute atomic E-state index is 0.0686. The van der Waals surface area contributed by atoms with Crippen molar-refractivity contribution in [2.45, 2.75) is 77.7 Å². The molecule has 2 N–H and O–H groups in total. The van der Waals surface area contributed by atoms with E-state index in [9.17, 15) is 9.59 Å². The highest BCUT2D eigenvalue weighted by atomic mass is 16.1. The van der Waals surface area contributed by atoms with Gasteiger partial charge >= 0.3 is 0 Å². The Labute approximate surface area is 133 Å². The predicted octanol–water partition coefficient (Wildman–Crippen LogP) is 3.87. The summed E-state index contributed by atoms with van der Waals surface area (Å²) in [7, 11) is 0. The van der Waals surface area contributed by atoms with Crippen LogP contribution in [0.15, 0.2) is 23.1 Å². The van der Waals surface area contributed by atoms with Crippen molar-refractivity contribution in [3.63, 3.8) is 0 Å². The van der Waals surface area contributed by atoms with Crippen LogP contribution in [-0.4, -0.2) is 10.5 Å². The summed E-state index contributed by atoms with van der Waals surface area (Å²) in [4.78, 5) is 22.8. The first-order chi connectivity index (χ1) is 10.6. The number of unbranched alkanes of at least 4 members (excludes halogenated alkanes) is 9. The van der Waals surface area contributed by atoms with Crippen LogP contribution in [0, 0.1) is 0 Å². The van der Waals surface area contributed by atoms with E-state index in [0.29, 0.717) is 12.1 Å². The lowest BCUT2D eigenvalue weighted by Gasteiger charge is -2.07. The van der Waals surface area contributed by atoms with Gasteiger partial charge in [0.2, 0.25) is 5.91 Å². The van der Waals surface area contributed by atoms with Crippen LogP contribution >= 0.6 is 0 Å². The largest absolute Gasteiger partial charge is 0.366 e. The monoisotopic (exact) mass is 306 g/mol. The standard InChI is InChI=1S/C18H30N2O2/c1-2-3-4-5-6-7-8-9-10-11-14-20-15-16(18(19)22)12-13-17(20)21/h12-13,15H,2-11,14H2,1H3,(H2,19,22). The number of carbonyl (C=O) groups excluding carboxylic acids is 1. The van der Waals surface area contributed by atoms with Crippen molar-refractivity contribution in [2.75, 3.05) is 0 Å². The van der Waals surface area contributed by atoms with Gasteiger partial charge in [-0.2, -0.15) is 0 Å². The number of hydrogen-bond donors (Lipinski definition) is 1. The van der Waals surface area contributed by atoms with E-state index in [-0.39, 0.29) is 5.56 Å². The van der Waals surface area contributed by atoms with E-state index >= 15 is 0 Å². The van der Waals surface area contributed by atoms with Crippen molar-refractivity contribution in [3.8, 4) is 0 Å². The SMILES string of the molecule is CCCCCCCCCCCCn1cc(C(N)=O)ccc1=O. The molecule has 0 spiro atoms. The highest BCUT2D eigenvalue weighted by molar-refractivity contribution is 5.92. The second kappa shape index (κ2) is 11.0. The normalized spacial score (nSPS) is 10.8. The van der Waals surface area contributed by atoms with Crippen LogP contribution in [0.4, 0.5) is 0 Å². The Kier molecular flexibility index (Phi) is 9.28. The van der Waals surface area contributed by atoms with Crippen LogP contribution in [0.3, 0.4) is 0 Å². The number of pyridine rings is 1. The van der Waals surface area contributed by atoms with Gasteiger partial charge in [0.1, 0.15) is 0 Å². The fourth-order valence-electron chi connectivity index (χ4n) is 2.62. The molecule has 1 rings (SSSR count). The molecule has 1 aromatic heterocycles. The Balaban J connectivity index is 2.13.